The molecular weight excluding hydrogens is 330 g/mol. The van der Waals surface area contributed by atoms with Crippen molar-refractivity contribution in [3.63, 3.8) is 0 Å². The molecule has 1 aromatic rings. The van der Waals surface area contributed by atoms with Crippen LogP contribution in [0.2, 0.25) is 0 Å². The SMILES string of the molecule is O=C(COC(=O)[C@@H]1[C@@H]2C[C@@H]3[C@@H]1C(=O)O[C@H]3C2)c1ccc([N+](=O)[O-])cc1. The Morgan fingerprint density at radius 1 is 1.24 bits per heavy atom. The molecule has 5 atom stereocenters. The van der Waals surface area contributed by atoms with Crippen LogP contribution in [0.1, 0.15) is 23.2 Å². The lowest BCUT2D eigenvalue weighted by atomic mass is 9.80. The first-order valence-corrected chi connectivity index (χ1v) is 8.10. The number of nitro benzene ring substituents is 1. The minimum absolute atomic E-state index is 0.0618. The predicted molar refractivity (Wildman–Crippen MR) is 81.5 cm³/mol. The lowest BCUT2D eigenvalue weighted by Crippen LogP contribution is -2.34. The number of carbonyl (C=O) groups excluding carboxylic acids is 3. The number of nitro groups is 1. The Hall–Kier alpha value is -2.77. The molecule has 0 unspecified atom stereocenters. The summed E-state index contributed by atoms with van der Waals surface area (Å²) in [5.74, 6) is -2.11. The minimum Gasteiger partial charge on any atom is -0.462 e. The van der Waals surface area contributed by atoms with E-state index in [1.807, 2.05) is 0 Å². The Kier molecular flexibility index (Phi) is 3.55. The largest absolute Gasteiger partial charge is 0.462 e. The Morgan fingerprint density at radius 3 is 2.64 bits per heavy atom. The maximum Gasteiger partial charge on any atom is 0.310 e. The number of nitrogens with zero attached hydrogens (tertiary/aromatic N) is 1. The molecule has 2 bridgehead atoms. The van der Waals surface area contributed by atoms with Gasteiger partial charge in [-0.2, -0.15) is 0 Å². The third kappa shape index (κ3) is 2.48. The number of non-ortho nitro benzene ring substituents is 1. The predicted octanol–water partition coefficient (Wildman–Crippen LogP) is 1.52. The molecule has 2 saturated carbocycles. The van der Waals surface area contributed by atoms with Gasteiger partial charge >= 0.3 is 11.9 Å². The molecule has 8 heteroatoms. The van der Waals surface area contributed by atoms with Crippen molar-refractivity contribution in [2.45, 2.75) is 18.9 Å². The normalized spacial score (nSPS) is 31.7. The second-order valence-electron chi connectivity index (χ2n) is 6.76. The van der Waals surface area contributed by atoms with Crippen molar-refractivity contribution >= 4 is 23.4 Å². The summed E-state index contributed by atoms with van der Waals surface area (Å²) < 4.78 is 10.4. The molecule has 1 heterocycles. The van der Waals surface area contributed by atoms with E-state index in [4.69, 9.17) is 9.47 Å². The van der Waals surface area contributed by atoms with Crippen LogP contribution in [-0.4, -0.2) is 35.4 Å². The molecule has 25 heavy (non-hydrogen) atoms. The van der Waals surface area contributed by atoms with Crippen molar-refractivity contribution in [1.82, 2.24) is 0 Å². The van der Waals surface area contributed by atoms with Gasteiger partial charge in [0.2, 0.25) is 0 Å². The van der Waals surface area contributed by atoms with Gasteiger partial charge in [0.05, 0.1) is 16.8 Å². The maximum absolute atomic E-state index is 12.4. The Labute approximate surface area is 142 Å². The molecule has 8 nitrogen and oxygen atoms in total. The molecule has 0 radical (unpaired) electrons. The lowest BCUT2D eigenvalue weighted by Gasteiger charge is -2.22. The van der Waals surface area contributed by atoms with Crippen molar-refractivity contribution in [2.24, 2.45) is 23.7 Å². The number of rotatable bonds is 5. The van der Waals surface area contributed by atoms with Crippen molar-refractivity contribution in [3.8, 4) is 0 Å². The molecule has 0 aromatic heterocycles. The summed E-state index contributed by atoms with van der Waals surface area (Å²) in [6, 6.07) is 5.09. The molecule has 0 spiro atoms. The van der Waals surface area contributed by atoms with Crippen LogP contribution in [-0.2, 0) is 19.1 Å². The smallest absolute Gasteiger partial charge is 0.310 e. The minimum atomic E-state index is -0.558. The number of hydrogen-bond donors (Lipinski definition) is 0. The zero-order valence-electron chi connectivity index (χ0n) is 13.1. The van der Waals surface area contributed by atoms with Crippen LogP contribution >= 0.6 is 0 Å². The van der Waals surface area contributed by atoms with Crippen molar-refractivity contribution in [3.05, 3.63) is 39.9 Å². The second-order valence-corrected chi connectivity index (χ2v) is 6.76. The summed E-state index contributed by atoms with van der Waals surface area (Å²) in [5, 5.41) is 10.6. The number of ether oxygens (including phenoxy) is 2. The van der Waals surface area contributed by atoms with E-state index in [2.05, 4.69) is 0 Å². The highest BCUT2D eigenvalue weighted by molar-refractivity contribution is 5.98. The number of Topliss-reactive ketones (excluding diaryl/α,β-unsaturated/α-hetero) is 1. The standard InChI is InChI=1S/C17H15NO7/c19-12(8-1-3-10(4-2-8)18(22)23)7-24-16(20)14-9-5-11-13(6-9)25-17(21)15(11)14/h1-4,9,11,13-15H,5-7H2/t9-,11+,13+,14-,15+/m1/s1. The van der Waals surface area contributed by atoms with E-state index >= 15 is 0 Å². The van der Waals surface area contributed by atoms with Gasteiger partial charge < -0.3 is 9.47 Å². The monoisotopic (exact) mass is 345 g/mol. The average Bonchev–Trinajstić information content (AvgIpc) is 3.21. The van der Waals surface area contributed by atoms with Crippen molar-refractivity contribution < 1.29 is 28.8 Å². The van der Waals surface area contributed by atoms with Gasteiger partial charge in [-0.05, 0) is 30.9 Å². The number of ketones is 1. The number of carbonyl (C=O) groups is 3. The van der Waals surface area contributed by atoms with E-state index in [0.29, 0.717) is 6.42 Å². The fourth-order valence-electron chi connectivity index (χ4n) is 4.41. The van der Waals surface area contributed by atoms with Gasteiger partial charge in [0.25, 0.3) is 5.69 Å². The molecule has 0 N–H and O–H groups in total. The lowest BCUT2D eigenvalue weighted by molar-refractivity contribution is -0.384. The first-order valence-electron chi connectivity index (χ1n) is 8.10. The highest BCUT2D eigenvalue weighted by Crippen LogP contribution is 2.57. The second kappa shape index (κ2) is 5.65. The zero-order valence-corrected chi connectivity index (χ0v) is 13.1. The van der Waals surface area contributed by atoms with Crippen LogP contribution < -0.4 is 0 Å². The van der Waals surface area contributed by atoms with Crippen LogP contribution in [0, 0.1) is 33.8 Å². The molecule has 3 aliphatic rings. The molecule has 1 saturated heterocycles. The molecule has 3 fully saturated rings. The quantitative estimate of drug-likeness (QED) is 0.344. The third-order valence-electron chi connectivity index (χ3n) is 5.50. The van der Waals surface area contributed by atoms with Crippen LogP contribution in [0.3, 0.4) is 0 Å². The summed E-state index contributed by atoms with van der Waals surface area (Å²) in [4.78, 5) is 46.4. The number of fused-ring (bicyclic) bond motifs is 1. The van der Waals surface area contributed by atoms with Gasteiger partial charge in [-0.25, -0.2) is 0 Å². The Balaban J connectivity index is 1.38. The van der Waals surface area contributed by atoms with Crippen molar-refractivity contribution in [2.75, 3.05) is 6.61 Å². The fraction of sp³-hybridized carbons (Fsp3) is 0.471. The Morgan fingerprint density at radius 2 is 1.96 bits per heavy atom. The van der Waals surface area contributed by atoms with E-state index < -0.39 is 35.1 Å². The first kappa shape index (κ1) is 15.7. The number of hydrogen-bond acceptors (Lipinski definition) is 7. The van der Waals surface area contributed by atoms with E-state index in [0.717, 1.165) is 6.42 Å². The van der Waals surface area contributed by atoms with E-state index in [-0.39, 0.29) is 35.2 Å². The third-order valence-corrected chi connectivity index (χ3v) is 5.50. The van der Waals surface area contributed by atoms with Crippen LogP contribution in [0.5, 0.6) is 0 Å². The topological polar surface area (TPSA) is 113 Å². The van der Waals surface area contributed by atoms with Gasteiger partial charge in [-0.1, -0.05) is 0 Å². The van der Waals surface area contributed by atoms with Crippen molar-refractivity contribution in [1.29, 1.82) is 0 Å². The van der Waals surface area contributed by atoms with Crippen LogP contribution in [0.4, 0.5) is 5.69 Å². The highest BCUT2D eigenvalue weighted by Gasteiger charge is 2.64. The number of esters is 2. The first-order chi connectivity index (χ1) is 12.0. The fourth-order valence-corrected chi connectivity index (χ4v) is 4.41. The van der Waals surface area contributed by atoms with Gasteiger partial charge in [0.15, 0.2) is 12.4 Å². The summed E-state index contributed by atoms with van der Waals surface area (Å²) in [6.45, 7) is -0.449. The zero-order chi connectivity index (χ0) is 17.7. The van der Waals surface area contributed by atoms with E-state index in [9.17, 15) is 24.5 Å². The van der Waals surface area contributed by atoms with Crippen LogP contribution in [0.15, 0.2) is 24.3 Å². The summed E-state index contributed by atoms with van der Waals surface area (Å²) >= 11 is 0. The van der Waals surface area contributed by atoms with Gasteiger partial charge in [-0.3, -0.25) is 24.5 Å². The van der Waals surface area contributed by atoms with Crippen LogP contribution in [0.25, 0.3) is 0 Å². The molecular formula is C17H15NO7. The number of benzene rings is 1. The summed E-state index contributed by atoms with van der Waals surface area (Å²) in [5.41, 5.74) is 0.108. The van der Waals surface area contributed by atoms with E-state index in [1.165, 1.54) is 24.3 Å². The van der Waals surface area contributed by atoms with E-state index in [1.54, 1.807) is 0 Å². The van der Waals surface area contributed by atoms with Gasteiger partial charge in [0, 0.05) is 23.6 Å². The van der Waals surface area contributed by atoms with Gasteiger partial charge in [-0.15, -0.1) is 0 Å². The molecule has 1 aromatic carbocycles. The molecule has 0 amide bonds. The molecule has 130 valence electrons. The Bertz CT molecular complexity index is 770. The molecule has 2 aliphatic carbocycles. The molecule has 1 aliphatic heterocycles. The summed E-state index contributed by atoms with van der Waals surface area (Å²) in [6.07, 6.45) is 1.41. The molecule has 4 rings (SSSR count). The summed E-state index contributed by atoms with van der Waals surface area (Å²) in [7, 11) is 0. The van der Waals surface area contributed by atoms with Gasteiger partial charge in [0.1, 0.15) is 6.10 Å². The average molecular weight is 345 g/mol. The highest BCUT2D eigenvalue weighted by atomic mass is 16.6. The maximum atomic E-state index is 12.4.